The van der Waals surface area contributed by atoms with Crippen molar-refractivity contribution in [3.05, 3.63) is 24.0 Å². The predicted octanol–water partition coefficient (Wildman–Crippen LogP) is 1.87. The molecule has 1 aromatic heterocycles. The van der Waals surface area contributed by atoms with E-state index < -0.39 is 19.2 Å². The van der Waals surface area contributed by atoms with Gasteiger partial charge in [0, 0.05) is 18.8 Å². The summed E-state index contributed by atoms with van der Waals surface area (Å²) in [4.78, 5) is 3.89. The molecule has 0 fully saturated rings. The highest BCUT2D eigenvalue weighted by atomic mass is 19.4. The standard InChI is InChI=1S/C9H11F3N2O/c10-9(11,12)2-4-15-8-1-3-14-7(5-8)6-13/h1,3,5H,2,4,6,13H2. The van der Waals surface area contributed by atoms with Crippen LogP contribution in [0.4, 0.5) is 13.2 Å². The molecule has 0 bridgehead atoms. The Bertz CT molecular complexity index is 314. The minimum Gasteiger partial charge on any atom is -0.493 e. The lowest BCUT2D eigenvalue weighted by atomic mass is 10.3. The van der Waals surface area contributed by atoms with Crippen LogP contribution in [0.5, 0.6) is 5.75 Å². The third-order valence-electron chi connectivity index (χ3n) is 1.65. The summed E-state index contributed by atoms with van der Waals surface area (Å²) in [5, 5.41) is 0. The van der Waals surface area contributed by atoms with Gasteiger partial charge in [-0.1, -0.05) is 0 Å². The Kier molecular flexibility index (Phi) is 3.90. The summed E-state index contributed by atoms with van der Waals surface area (Å²) in [6.07, 6.45) is -3.71. The average molecular weight is 220 g/mol. The molecule has 0 aliphatic carbocycles. The zero-order chi connectivity index (χ0) is 11.3. The van der Waals surface area contributed by atoms with E-state index in [4.69, 9.17) is 10.5 Å². The third kappa shape index (κ3) is 4.64. The van der Waals surface area contributed by atoms with Gasteiger partial charge in [0.2, 0.25) is 0 Å². The average Bonchev–Trinajstić information content (AvgIpc) is 2.16. The molecule has 0 unspecified atom stereocenters. The number of hydrogen-bond donors (Lipinski definition) is 1. The molecule has 1 heterocycles. The predicted molar refractivity (Wildman–Crippen MR) is 48.3 cm³/mol. The second kappa shape index (κ2) is 4.97. The minimum atomic E-state index is -4.19. The Labute approximate surface area is 85.1 Å². The molecule has 0 aliphatic heterocycles. The molecule has 84 valence electrons. The molecule has 0 saturated heterocycles. The first kappa shape index (κ1) is 11.8. The summed E-state index contributed by atoms with van der Waals surface area (Å²) < 4.78 is 40.3. The quantitative estimate of drug-likeness (QED) is 0.842. The van der Waals surface area contributed by atoms with E-state index in [-0.39, 0.29) is 6.54 Å². The van der Waals surface area contributed by atoms with E-state index in [1.165, 1.54) is 18.3 Å². The van der Waals surface area contributed by atoms with Crippen LogP contribution in [0.15, 0.2) is 18.3 Å². The maximum absolute atomic E-state index is 11.8. The molecule has 0 radical (unpaired) electrons. The Hall–Kier alpha value is -1.30. The van der Waals surface area contributed by atoms with E-state index in [1.807, 2.05) is 0 Å². The van der Waals surface area contributed by atoms with Crippen LogP contribution in [0.25, 0.3) is 0 Å². The zero-order valence-electron chi connectivity index (χ0n) is 7.92. The molecular weight excluding hydrogens is 209 g/mol. The van der Waals surface area contributed by atoms with Crippen molar-refractivity contribution in [3.8, 4) is 5.75 Å². The summed E-state index contributed by atoms with van der Waals surface area (Å²) in [6, 6.07) is 3.02. The highest BCUT2D eigenvalue weighted by Gasteiger charge is 2.26. The number of pyridine rings is 1. The molecule has 0 aromatic carbocycles. The molecule has 0 saturated carbocycles. The first-order valence-electron chi connectivity index (χ1n) is 4.36. The fourth-order valence-corrected chi connectivity index (χ4v) is 0.942. The van der Waals surface area contributed by atoms with Gasteiger partial charge in [-0.2, -0.15) is 13.2 Å². The number of rotatable bonds is 4. The highest BCUT2D eigenvalue weighted by Crippen LogP contribution is 2.20. The van der Waals surface area contributed by atoms with Crippen molar-refractivity contribution in [2.45, 2.75) is 19.1 Å². The molecule has 1 aromatic rings. The number of aromatic nitrogens is 1. The molecule has 0 aliphatic rings. The normalized spacial score (nSPS) is 11.5. The van der Waals surface area contributed by atoms with Gasteiger partial charge in [0.25, 0.3) is 0 Å². The summed E-state index contributed by atoms with van der Waals surface area (Å²) >= 11 is 0. The summed E-state index contributed by atoms with van der Waals surface area (Å²) in [5.41, 5.74) is 5.90. The number of halogens is 3. The van der Waals surface area contributed by atoms with Gasteiger partial charge in [-0.3, -0.25) is 4.98 Å². The topological polar surface area (TPSA) is 48.1 Å². The van der Waals surface area contributed by atoms with Crippen LogP contribution < -0.4 is 10.5 Å². The number of nitrogens with zero attached hydrogens (tertiary/aromatic N) is 1. The van der Waals surface area contributed by atoms with Crippen molar-refractivity contribution >= 4 is 0 Å². The van der Waals surface area contributed by atoms with Gasteiger partial charge in [-0.05, 0) is 6.07 Å². The van der Waals surface area contributed by atoms with Crippen molar-refractivity contribution in [1.82, 2.24) is 4.98 Å². The molecular formula is C9H11F3N2O. The number of hydrogen-bond acceptors (Lipinski definition) is 3. The van der Waals surface area contributed by atoms with Crippen LogP contribution >= 0.6 is 0 Å². The maximum atomic E-state index is 11.8. The fourth-order valence-electron chi connectivity index (χ4n) is 0.942. The minimum absolute atomic E-state index is 0.233. The van der Waals surface area contributed by atoms with Crippen molar-refractivity contribution < 1.29 is 17.9 Å². The summed E-state index contributed by atoms with van der Waals surface area (Å²) in [5.74, 6) is 0.356. The van der Waals surface area contributed by atoms with Crippen molar-refractivity contribution in [3.63, 3.8) is 0 Å². The maximum Gasteiger partial charge on any atom is 0.392 e. The highest BCUT2D eigenvalue weighted by molar-refractivity contribution is 5.22. The van der Waals surface area contributed by atoms with E-state index in [0.717, 1.165) is 0 Å². The Morgan fingerprint density at radius 2 is 2.13 bits per heavy atom. The van der Waals surface area contributed by atoms with Crippen molar-refractivity contribution in [2.24, 2.45) is 5.73 Å². The Morgan fingerprint density at radius 1 is 1.40 bits per heavy atom. The van der Waals surface area contributed by atoms with E-state index in [2.05, 4.69) is 4.98 Å². The van der Waals surface area contributed by atoms with Crippen LogP contribution in [-0.4, -0.2) is 17.8 Å². The third-order valence-corrected chi connectivity index (χ3v) is 1.65. The lowest BCUT2D eigenvalue weighted by molar-refractivity contribution is -0.139. The van der Waals surface area contributed by atoms with Gasteiger partial charge in [-0.25, -0.2) is 0 Å². The van der Waals surface area contributed by atoms with Gasteiger partial charge in [0.05, 0.1) is 18.7 Å². The largest absolute Gasteiger partial charge is 0.493 e. The first-order chi connectivity index (χ1) is 7.01. The molecule has 0 amide bonds. The molecule has 0 atom stereocenters. The van der Waals surface area contributed by atoms with Gasteiger partial charge < -0.3 is 10.5 Å². The molecule has 0 spiro atoms. The van der Waals surface area contributed by atoms with Crippen LogP contribution in [0.3, 0.4) is 0 Å². The van der Waals surface area contributed by atoms with Gasteiger partial charge in [-0.15, -0.1) is 0 Å². The van der Waals surface area contributed by atoms with Crippen LogP contribution in [0.1, 0.15) is 12.1 Å². The number of nitrogens with two attached hydrogens (primary N) is 1. The molecule has 2 N–H and O–H groups in total. The monoisotopic (exact) mass is 220 g/mol. The summed E-state index contributed by atoms with van der Waals surface area (Å²) in [6.45, 7) is -0.159. The Balaban J connectivity index is 2.44. The summed E-state index contributed by atoms with van der Waals surface area (Å²) in [7, 11) is 0. The number of alkyl halides is 3. The fraction of sp³-hybridized carbons (Fsp3) is 0.444. The van der Waals surface area contributed by atoms with Gasteiger partial charge in [0.15, 0.2) is 0 Å². The van der Waals surface area contributed by atoms with E-state index >= 15 is 0 Å². The molecule has 1 rings (SSSR count). The second-order valence-corrected chi connectivity index (χ2v) is 2.90. The molecule has 15 heavy (non-hydrogen) atoms. The number of ether oxygens (including phenoxy) is 1. The van der Waals surface area contributed by atoms with Crippen LogP contribution in [0, 0.1) is 0 Å². The van der Waals surface area contributed by atoms with Gasteiger partial charge in [0.1, 0.15) is 5.75 Å². The van der Waals surface area contributed by atoms with Gasteiger partial charge >= 0.3 is 6.18 Å². The van der Waals surface area contributed by atoms with E-state index in [1.54, 1.807) is 0 Å². The van der Waals surface area contributed by atoms with Crippen LogP contribution in [-0.2, 0) is 6.54 Å². The Morgan fingerprint density at radius 3 is 2.73 bits per heavy atom. The second-order valence-electron chi connectivity index (χ2n) is 2.90. The SMILES string of the molecule is NCc1cc(OCCC(F)(F)F)ccn1. The van der Waals surface area contributed by atoms with Crippen molar-refractivity contribution in [1.29, 1.82) is 0 Å². The van der Waals surface area contributed by atoms with Crippen molar-refractivity contribution in [2.75, 3.05) is 6.61 Å². The van der Waals surface area contributed by atoms with E-state index in [9.17, 15) is 13.2 Å². The lowest BCUT2D eigenvalue weighted by Gasteiger charge is -2.08. The lowest BCUT2D eigenvalue weighted by Crippen LogP contribution is -2.13. The molecule has 3 nitrogen and oxygen atoms in total. The van der Waals surface area contributed by atoms with E-state index in [0.29, 0.717) is 11.4 Å². The first-order valence-corrected chi connectivity index (χ1v) is 4.36. The zero-order valence-corrected chi connectivity index (χ0v) is 7.92. The van der Waals surface area contributed by atoms with Crippen LogP contribution in [0.2, 0.25) is 0 Å². The molecule has 6 heteroatoms. The smallest absolute Gasteiger partial charge is 0.392 e.